The summed E-state index contributed by atoms with van der Waals surface area (Å²) in [5, 5.41) is 24.9. The van der Waals surface area contributed by atoms with Crippen LogP contribution in [0.15, 0.2) is 82.7 Å². The second kappa shape index (κ2) is 15.8. The third-order valence-electron chi connectivity index (χ3n) is 8.30. The molecule has 4 N–H and O–H groups in total. The van der Waals surface area contributed by atoms with Gasteiger partial charge in [-0.1, -0.05) is 34.8 Å². The molecule has 1 aromatic heterocycles. The number of thioether (sulfide) groups is 2. The molecule has 3 aliphatic heterocycles. The third kappa shape index (κ3) is 8.18. The fraction of sp³-hybridized carbons (Fsp3) is 0.235. The summed E-state index contributed by atoms with van der Waals surface area (Å²) < 4.78 is 15.2. The van der Waals surface area contributed by atoms with E-state index in [1.54, 1.807) is 46.1 Å². The number of anilines is 1. The number of likely N-dealkylation sites (tertiary alicyclic amines) is 1. The normalized spacial score (nSPS) is 19.1. The van der Waals surface area contributed by atoms with Crippen LogP contribution in [0.2, 0.25) is 15.1 Å². The zero-order valence-corrected chi connectivity index (χ0v) is 30.7. The number of carbonyl (C=O) groups is 5. The van der Waals surface area contributed by atoms with Gasteiger partial charge in [0.1, 0.15) is 17.1 Å². The second-order valence-electron chi connectivity index (χ2n) is 11.9. The van der Waals surface area contributed by atoms with E-state index < -0.39 is 46.7 Å². The molecule has 2 atom stereocenters. The van der Waals surface area contributed by atoms with Crippen molar-refractivity contribution >= 4 is 93.6 Å². The highest BCUT2D eigenvalue weighted by Gasteiger charge is 2.54. The molecule has 270 valence electrons. The van der Waals surface area contributed by atoms with Crippen molar-refractivity contribution in [1.82, 2.24) is 15.1 Å². The summed E-state index contributed by atoms with van der Waals surface area (Å²) >= 11 is 20.6. The van der Waals surface area contributed by atoms with Crippen LogP contribution >= 0.6 is 58.3 Å². The molecule has 0 radical (unpaired) electrons. The molecule has 3 aliphatic rings. The van der Waals surface area contributed by atoms with Crippen LogP contribution in [0.5, 0.6) is 5.75 Å². The number of hydrogen-bond donors (Lipinski definition) is 4. The Balaban J connectivity index is 1.04. The van der Waals surface area contributed by atoms with Gasteiger partial charge in [-0.05, 0) is 47.9 Å². The number of aromatic nitrogens is 1. The average Bonchev–Trinajstić information content (AvgIpc) is 3.44. The van der Waals surface area contributed by atoms with Crippen molar-refractivity contribution in [3.05, 3.63) is 104 Å². The molecule has 6 rings (SSSR count). The van der Waals surface area contributed by atoms with Gasteiger partial charge in [0, 0.05) is 53.2 Å². The molecule has 4 amide bonds. The molecule has 18 heteroatoms. The zero-order chi connectivity index (χ0) is 37.3. The first kappa shape index (κ1) is 37.5. The van der Waals surface area contributed by atoms with Gasteiger partial charge in [-0.2, -0.15) is 4.57 Å². The van der Waals surface area contributed by atoms with Crippen LogP contribution in [-0.2, 0) is 37.1 Å². The van der Waals surface area contributed by atoms with E-state index in [1.807, 2.05) is 0 Å². The lowest BCUT2D eigenvalue weighted by Crippen LogP contribution is -2.70. The standard InChI is InChI=1S/C34H27Cl3FN5O7S2/c35-21-11-23(37)26(12-22(21)36)51-16-28(46)40-29-32(48)43-30(34(49)50)19(15-52-33(29)43)9-18-5-8-42(31(18)47)13-17-3-6-41(7-4-17)14-27(45)39-20-1-2-25(44)24(38)10-20/h1-4,6-7,9-12,29,33H,5,8,13-16H2,(H3-,39,40,44,45,46,49,50)/p+1/b18-9+. The van der Waals surface area contributed by atoms with Gasteiger partial charge in [0.05, 0.1) is 20.8 Å². The highest BCUT2D eigenvalue weighted by atomic mass is 35.5. The maximum Gasteiger partial charge on any atom is 0.352 e. The summed E-state index contributed by atoms with van der Waals surface area (Å²) in [6, 6.07) is 9.16. The van der Waals surface area contributed by atoms with E-state index in [4.69, 9.17) is 34.8 Å². The highest BCUT2D eigenvalue weighted by Crippen LogP contribution is 2.42. The highest BCUT2D eigenvalue weighted by molar-refractivity contribution is 8.00. The quantitative estimate of drug-likeness (QED) is 0.0542. The van der Waals surface area contributed by atoms with Crippen LogP contribution in [0, 0.1) is 5.82 Å². The Morgan fingerprint density at radius 1 is 1.04 bits per heavy atom. The average molecular weight is 808 g/mol. The Morgan fingerprint density at radius 2 is 1.77 bits per heavy atom. The molecular formula is C34H28Cl3FN5O7S2+. The number of nitrogens with zero attached hydrogens (tertiary/aromatic N) is 3. The lowest BCUT2D eigenvalue weighted by atomic mass is 10.0. The lowest BCUT2D eigenvalue weighted by molar-refractivity contribution is -0.684. The van der Waals surface area contributed by atoms with E-state index in [2.05, 4.69) is 10.6 Å². The number of allylic oxidation sites excluding steroid dienone is 1. The van der Waals surface area contributed by atoms with Crippen LogP contribution in [-0.4, -0.2) is 79.1 Å². The summed E-state index contributed by atoms with van der Waals surface area (Å²) in [7, 11) is 0. The number of carbonyl (C=O) groups excluding carboxylic acids is 4. The maximum atomic E-state index is 13.6. The van der Waals surface area contributed by atoms with Crippen LogP contribution in [0.25, 0.3) is 0 Å². The van der Waals surface area contributed by atoms with Gasteiger partial charge < -0.3 is 25.7 Å². The molecular weight excluding hydrogens is 780 g/mol. The minimum Gasteiger partial charge on any atom is -0.505 e. The Morgan fingerprint density at radius 3 is 2.48 bits per heavy atom. The van der Waals surface area contributed by atoms with Crippen LogP contribution in [0.1, 0.15) is 12.0 Å². The van der Waals surface area contributed by atoms with Gasteiger partial charge in [-0.25, -0.2) is 9.18 Å². The van der Waals surface area contributed by atoms with E-state index in [0.717, 1.165) is 34.4 Å². The van der Waals surface area contributed by atoms with Crippen molar-refractivity contribution in [3.63, 3.8) is 0 Å². The summed E-state index contributed by atoms with van der Waals surface area (Å²) in [5.74, 6) is -4.22. The number of carboxylic acids is 1. The number of rotatable bonds is 11. The number of pyridine rings is 1. The summed E-state index contributed by atoms with van der Waals surface area (Å²) in [4.78, 5) is 67.3. The number of aliphatic carboxylic acids is 1. The molecule has 52 heavy (non-hydrogen) atoms. The molecule has 2 fully saturated rings. The Bertz CT molecular complexity index is 2070. The van der Waals surface area contributed by atoms with E-state index in [-0.39, 0.29) is 51.9 Å². The van der Waals surface area contributed by atoms with Crippen molar-refractivity contribution in [2.24, 2.45) is 0 Å². The minimum absolute atomic E-state index is 0.0563. The number of phenols is 1. The predicted octanol–water partition coefficient (Wildman–Crippen LogP) is 4.61. The van der Waals surface area contributed by atoms with E-state index in [9.17, 15) is 38.6 Å². The number of carboxylic acid groups (broad SMARTS) is 1. The molecule has 12 nitrogen and oxygen atoms in total. The van der Waals surface area contributed by atoms with Crippen molar-refractivity contribution in [3.8, 4) is 5.75 Å². The Hall–Kier alpha value is -4.28. The summed E-state index contributed by atoms with van der Waals surface area (Å²) in [6.07, 6.45) is 5.27. The van der Waals surface area contributed by atoms with Crippen molar-refractivity contribution in [2.45, 2.75) is 35.8 Å². The van der Waals surface area contributed by atoms with E-state index in [0.29, 0.717) is 34.0 Å². The number of benzene rings is 2. The number of phenolic OH excluding ortho intramolecular Hbond substituents is 1. The van der Waals surface area contributed by atoms with Crippen molar-refractivity contribution < 1.29 is 43.1 Å². The summed E-state index contributed by atoms with van der Waals surface area (Å²) in [5.41, 5.74) is 1.52. The van der Waals surface area contributed by atoms with Crippen LogP contribution in [0.4, 0.5) is 10.1 Å². The fourth-order valence-corrected chi connectivity index (χ4v) is 8.61. The molecule has 2 saturated heterocycles. The topological polar surface area (TPSA) is 160 Å². The van der Waals surface area contributed by atoms with Crippen molar-refractivity contribution in [2.75, 3.05) is 23.4 Å². The van der Waals surface area contributed by atoms with Crippen LogP contribution in [0.3, 0.4) is 0 Å². The Labute approximate surface area is 319 Å². The molecule has 0 aliphatic carbocycles. The third-order valence-corrected chi connectivity index (χ3v) is 11.8. The number of fused-ring (bicyclic) bond motifs is 1. The maximum absolute atomic E-state index is 13.6. The molecule has 2 aromatic carbocycles. The number of nitrogens with one attached hydrogen (secondary N) is 2. The first-order valence-electron chi connectivity index (χ1n) is 15.5. The molecule has 0 saturated carbocycles. The predicted molar refractivity (Wildman–Crippen MR) is 193 cm³/mol. The second-order valence-corrected chi connectivity index (χ2v) is 15.2. The smallest absolute Gasteiger partial charge is 0.352 e. The fourth-order valence-electron chi connectivity index (χ4n) is 5.76. The van der Waals surface area contributed by atoms with Gasteiger partial charge >= 0.3 is 5.97 Å². The SMILES string of the molecule is O=C(C[n+]1ccc(CN2CC/C(=C\C3=C(C(=O)O)N4C(=O)C(NC(=O)CSc5cc(Cl)c(Cl)cc5Cl)C4SC3)C2=O)cc1)Nc1ccc(O)c(F)c1. The van der Waals surface area contributed by atoms with Crippen molar-refractivity contribution in [1.29, 1.82) is 0 Å². The molecule has 2 unspecified atom stereocenters. The van der Waals surface area contributed by atoms with Gasteiger partial charge in [0.25, 0.3) is 11.8 Å². The number of aromatic hydroxyl groups is 1. The van der Waals surface area contributed by atoms with Crippen LogP contribution < -0.4 is 15.2 Å². The monoisotopic (exact) mass is 806 g/mol. The first-order valence-corrected chi connectivity index (χ1v) is 18.7. The van der Waals surface area contributed by atoms with Gasteiger partial charge in [0.15, 0.2) is 24.0 Å². The molecule has 0 spiro atoms. The molecule has 4 heterocycles. The largest absolute Gasteiger partial charge is 0.505 e. The number of halogens is 4. The molecule has 0 bridgehead atoms. The number of β-lactam (4-membered cyclic amide) rings is 1. The first-order chi connectivity index (χ1) is 24.8. The zero-order valence-electron chi connectivity index (χ0n) is 26.8. The molecule has 3 aromatic rings. The van der Waals surface area contributed by atoms with E-state index in [1.165, 1.54) is 23.9 Å². The Kier molecular flexibility index (Phi) is 11.4. The lowest BCUT2D eigenvalue weighted by Gasteiger charge is -2.49. The van der Waals surface area contributed by atoms with Gasteiger partial charge in [-0.3, -0.25) is 24.1 Å². The van der Waals surface area contributed by atoms with E-state index >= 15 is 0 Å². The summed E-state index contributed by atoms with van der Waals surface area (Å²) in [6.45, 7) is 0.622. The number of amides is 4. The minimum atomic E-state index is -1.32. The van der Waals surface area contributed by atoms with Gasteiger partial charge in [0.2, 0.25) is 18.4 Å². The van der Waals surface area contributed by atoms with Gasteiger partial charge in [-0.15, -0.1) is 23.5 Å². The number of hydrogen-bond acceptors (Lipinski definition) is 8.